The lowest BCUT2D eigenvalue weighted by molar-refractivity contribution is -0.0696. The molecule has 2 aromatic rings. The van der Waals surface area contributed by atoms with E-state index >= 15 is 0 Å². The number of hydrogen-bond acceptors (Lipinski definition) is 2. The summed E-state index contributed by atoms with van der Waals surface area (Å²) in [7, 11) is -1.72. The van der Waals surface area contributed by atoms with Gasteiger partial charge in [0.1, 0.15) is 0 Å². The maximum Gasteiger partial charge on any atom is 0.417 e. The molecule has 0 aliphatic carbocycles. The fourth-order valence-electron chi connectivity index (χ4n) is 2.30. The van der Waals surface area contributed by atoms with E-state index in [1.807, 2.05) is 0 Å². The van der Waals surface area contributed by atoms with Gasteiger partial charge in [-0.1, -0.05) is 46.4 Å². The second kappa shape index (κ2) is 12.7. The van der Waals surface area contributed by atoms with Crippen LogP contribution in [0.15, 0.2) is 47.2 Å². The number of benzene rings is 2. The molecule has 1 nitrogen and oxygen atoms in total. The fraction of sp³-hybridized carbons (Fsp3) is 0.200. The third-order valence-corrected chi connectivity index (χ3v) is 5.39. The lowest BCUT2D eigenvalue weighted by Gasteiger charge is -2.12. The summed E-state index contributed by atoms with van der Waals surface area (Å²) in [4.78, 5) is 0. The summed E-state index contributed by atoms with van der Waals surface area (Å²) < 4.78 is 87.2. The van der Waals surface area contributed by atoms with Crippen LogP contribution >= 0.6 is 58.2 Å². The van der Waals surface area contributed by atoms with Gasteiger partial charge < -0.3 is 0 Å². The molecule has 13 heteroatoms. The number of alkyl halides is 6. The first-order chi connectivity index (χ1) is 15.0. The van der Waals surface area contributed by atoms with Crippen molar-refractivity contribution in [3.63, 3.8) is 0 Å². The van der Waals surface area contributed by atoms with Crippen LogP contribution in [-0.2, 0) is 10.8 Å². The molecule has 0 heterocycles. The Bertz CT molecular complexity index is 1020. The second-order valence-corrected chi connectivity index (χ2v) is 9.79. The van der Waals surface area contributed by atoms with Gasteiger partial charge in [-0.25, -0.2) is 0 Å². The number of rotatable bonds is 4. The van der Waals surface area contributed by atoms with Gasteiger partial charge in [0.25, 0.3) is 0 Å². The first-order valence-corrected chi connectivity index (χ1v) is 12.8. The van der Waals surface area contributed by atoms with Crippen LogP contribution in [0.4, 0.5) is 26.3 Å². The summed E-state index contributed by atoms with van der Waals surface area (Å²) in [5.41, 5.74) is -1.99. The van der Waals surface area contributed by atoms with Crippen molar-refractivity contribution in [3.05, 3.63) is 78.4 Å². The third-order valence-electron chi connectivity index (χ3n) is 3.48. The molecule has 0 spiro atoms. The Hall–Kier alpha value is -0.840. The highest BCUT2D eigenvalue weighted by Crippen LogP contribution is 2.38. The van der Waals surface area contributed by atoms with Gasteiger partial charge >= 0.3 is 12.4 Å². The SMILES string of the molecule is CS(=O)/C=C(\c1cc(Cl)cc(Cl)c1)C(F)(F)F.CS/C=C(\c1cc(Cl)cc(Cl)c1)C(F)(F)F. The van der Waals surface area contributed by atoms with Crippen LogP contribution < -0.4 is 0 Å². The van der Waals surface area contributed by atoms with E-state index in [0.29, 0.717) is 5.41 Å². The summed E-state index contributed by atoms with van der Waals surface area (Å²) >= 11 is 23.5. The summed E-state index contributed by atoms with van der Waals surface area (Å²) in [5.74, 6) is 0. The van der Waals surface area contributed by atoms with Crippen LogP contribution in [0.2, 0.25) is 20.1 Å². The molecule has 0 N–H and O–H groups in total. The van der Waals surface area contributed by atoms with Crippen molar-refractivity contribution in [2.75, 3.05) is 12.5 Å². The lowest BCUT2D eigenvalue weighted by Crippen LogP contribution is -2.11. The lowest BCUT2D eigenvalue weighted by atomic mass is 10.1. The molecule has 1 unspecified atom stereocenters. The van der Waals surface area contributed by atoms with Gasteiger partial charge in [0.05, 0.1) is 11.1 Å². The molecule has 0 bridgehead atoms. The minimum Gasteiger partial charge on any atom is -0.255 e. The molecule has 2 aromatic carbocycles. The van der Waals surface area contributed by atoms with Crippen LogP contribution in [0.1, 0.15) is 11.1 Å². The van der Waals surface area contributed by atoms with Gasteiger partial charge in [-0.3, -0.25) is 4.21 Å². The van der Waals surface area contributed by atoms with Gasteiger partial charge in [0.15, 0.2) is 0 Å². The maximum atomic E-state index is 12.7. The van der Waals surface area contributed by atoms with Gasteiger partial charge in [0, 0.05) is 42.6 Å². The smallest absolute Gasteiger partial charge is 0.255 e. The zero-order valence-corrected chi connectivity index (χ0v) is 21.3. The molecule has 0 amide bonds. The minimum atomic E-state index is -4.61. The van der Waals surface area contributed by atoms with Gasteiger partial charge in [-0.15, -0.1) is 11.8 Å². The Morgan fingerprint density at radius 1 is 0.758 bits per heavy atom. The highest BCUT2D eigenvalue weighted by Gasteiger charge is 2.36. The van der Waals surface area contributed by atoms with Crippen LogP contribution in [0, 0.1) is 0 Å². The largest absolute Gasteiger partial charge is 0.417 e. The van der Waals surface area contributed by atoms with Gasteiger partial charge in [-0.05, 0) is 59.2 Å². The van der Waals surface area contributed by atoms with Crippen molar-refractivity contribution < 1.29 is 30.6 Å². The Balaban J connectivity index is 0.000000331. The molecule has 0 fully saturated rings. The maximum absolute atomic E-state index is 12.7. The Morgan fingerprint density at radius 3 is 1.36 bits per heavy atom. The van der Waals surface area contributed by atoms with E-state index in [0.717, 1.165) is 35.6 Å². The van der Waals surface area contributed by atoms with Crippen LogP contribution in [0.3, 0.4) is 0 Å². The van der Waals surface area contributed by atoms with Crippen molar-refractivity contribution in [2.24, 2.45) is 0 Å². The van der Waals surface area contributed by atoms with E-state index in [2.05, 4.69) is 0 Å². The summed E-state index contributed by atoms with van der Waals surface area (Å²) in [6.07, 6.45) is -6.33. The van der Waals surface area contributed by atoms with Crippen LogP contribution in [0.25, 0.3) is 11.1 Å². The molecular weight excluding hydrogens is 576 g/mol. The van der Waals surface area contributed by atoms with Crippen LogP contribution in [0.5, 0.6) is 0 Å². The van der Waals surface area contributed by atoms with E-state index in [1.54, 1.807) is 6.26 Å². The zero-order chi connectivity index (χ0) is 25.6. The zero-order valence-electron chi connectivity index (χ0n) is 16.6. The van der Waals surface area contributed by atoms with E-state index in [1.165, 1.54) is 24.3 Å². The van der Waals surface area contributed by atoms with Gasteiger partial charge in [0.2, 0.25) is 0 Å². The molecule has 0 saturated carbocycles. The number of thioether (sulfide) groups is 1. The molecule has 1 atom stereocenters. The Morgan fingerprint density at radius 2 is 1.09 bits per heavy atom. The normalized spacial score (nSPS) is 13.9. The van der Waals surface area contributed by atoms with E-state index in [-0.39, 0.29) is 31.2 Å². The molecular formula is C20H14Cl4F6OS2. The second-order valence-electron chi connectivity index (χ2n) is 6.11. The summed E-state index contributed by atoms with van der Waals surface area (Å²) in [6.45, 7) is 0. The standard InChI is InChI=1S/C10H7Cl2F3OS.C10H7Cl2F3S/c1-17(16)5-9(10(13,14)15)6-2-7(11)4-8(12)3-6;1-16-5-9(10(13,14)15)6-2-7(11)4-8(12)3-6/h2-5H,1H3;2-5H,1H3/b2*9-5+. The van der Waals surface area contributed by atoms with Gasteiger partial charge in [-0.2, -0.15) is 26.3 Å². The summed E-state index contributed by atoms with van der Waals surface area (Å²) in [5, 5.41) is 2.19. The molecule has 33 heavy (non-hydrogen) atoms. The first kappa shape index (κ1) is 30.2. The topological polar surface area (TPSA) is 17.1 Å². The number of allylic oxidation sites excluding steroid dienone is 2. The Kier molecular flexibility index (Phi) is 11.7. The highest BCUT2D eigenvalue weighted by molar-refractivity contribution is 8.01. The van der Waals surface area contributed by atoms with Crippen LogP contribution in [-0.4, -0.2) is 29.1 Å². The molecule has 0 radical (unpaired) electrons. The molecule has 0 saturated heterocycles. The molecule has 182 valence electrons. The van der Waals surface area contributed by atoms with Crippen molar-refractivity contribution >= 4 is 80.1 Å². The predicted molar refractivity (Wildman–Crippen MR) is 129 cm³/mol. The fourth-order valence-corrected chi connectivity index (χ4v) is 4.46. The Labute approximate surface area is 213 Å². The molecule has 0 aromatic heterocycles. The number of hydrogen-bond donors (Lipinski definition) is 0. The average Bonchev–Trinajstić information content (AvgIpc) is 2.61. The molecule has 0 aliphatic rings. The quantitative estimate of drug-likeness (QED) is 0.330. The monoisotopic (exact) mass is 588 g/mol. The number of halogens is 10. The van der Waals surface area contributed by atoms with E-state index in [4.69, 9.17) is 46.4 Å². The van der Waals surface area contributed by atoms with E-state index in [9.17, 15) is 30.6 Å². The van der Waals surface area contributed by atoms with Crippen molar-refractivity contribution in [2.45, 2.75) is 12.4 Å². The van der Waals surface area contributed by atoms with E-state index < -0.39 is 34.3 Å². The highest BCUT2D eigenvalue weighted by atomic mass is 35.5. The third kappa shape index (κ3) is 10.5. The predicted octanol–water partition coefficient (Wildman–Crippen LogP) is 9.53. The molecule has 0 aliphatic heterocycles. The first-order valence-electron chi connectivity index (χ1n) is 8.39. The van der Waals surface area contributed by atoms with Crippen molar-refractivity contribution in [1.29, 1.82) is 0 Å². The summed E-state index contributed by atoms with van der Waals surface area (Å²) in [6, 6.07) is 7.44. The minimum absolute atomic E-state index is 0.0284. The van der Waals surface area contributed by atoms with Crippen molar-refractivity contribution in [3.8, 4) is 0 Å². The van der Waals surface area contributed by atoms with Crippen molar-refractivity contribution in [1.82, 2.24) is 0 Å². The average molecular weight is 590 g/mol. The molecule has 2 rings (SSSR count).